The first kappa shape index (κ1) is 43.5. The number of carboxylic acids is 3. The number of carbonyl (C=O) groups excluding carboxylic acids is 1. The molecule has 0 aromatic heterocycles. The van der Waals surface area contributed by atoms with Crippen molar-refractivity contribution in [2.75, 3.05) is 0 Å². The molecule has 0 spiro atoms. The standard InChI is InChI=1S/C42H62O16/c1-37(2)21-8-11-42(7)31(20(43)16-18-19-17-39(4,36(53)54)13-12-38(19,3)14-15-41(18,42)6)40(21,5)10-9-22(37)55-35-30(26(47)25(46)29(57-35)33(51)52)58-34-27(48)23(44)24(45)28(56-34)32(49)50/h16,19,21-31,34-35,44-48H,8-15,17H2,1-7H3,(H,49,50)(H,51,52)(H,53,54)/t19-,21?,22-,23+,24+,25-,26-,27?,28+,29-,30+,31?,34+,35-,38+,39-,40?,41+,42?/m0/s1. The van der Waals surface area contributed by atoms with Crippen LogP contribution in [0.4, 0.5) is 0 Å². The zero-order valence-electron chi connectivity index (χ0n) is 34.4. The third-order valence-corrected chi connectivity index (χ3v) is 17.2. The zero-order chi connectivity index (χ0) is 42.9. The number of ether oxygens (including phenoxy) is 4. The fourth-order valence-corrected chi connectivity index (χ4v) is 13.4. The summed E-state index contributed by atoms with van der Waals surface area (Å²) in [5, 5.41) is 83.0. The number of carboxylic acid groups (broad SMARTS) is 3. The largest absolute Gasteiger partial charge is 0.481 e. The quantitative estimate of drug-likeness (QED) is 0.171. The SMILES string of the molecule is CC12CC[C@H](O[C@H]3O[C@H](C(=O)O)[C@@H](O)[C@H](O)[C@H]3O[C@H]3O[C@@H](C(=O)O)[C@H](O)[C@@H](O)C3O)C(C)(C)C1CCC1(C)C2C(=O)C=C2[C@@H]3C[C@@](C)(C(=O)O)CC[C@]3(C)CC[C@]21C. The second kappa shape index (κ2) is 14.3. The summed E-state index contributed by atoms with van der Waals surface area (Å²) in [5.41, 5.74) is -1.81. The van der Waals surface area contributed by atoms with Gasteiger partial charge in [0.25, 0.3) is 0 Å². The van der Waals surface area contributed by atoms with Crippen molar-refractivity contribution in [2.45, 2.75) is 174 Å². The van der Waals surface area contributed by atoms with Crippen LogP contribution in [0.3, 0.4) is 0 Å². The van der Waals surface area contributed by atoms with Crippen LogP contribution < -0.4 is 0 Å². The Morgan fingerprint density at radius 1 is 0.690 bits per heavy atom. The summed E-state index contributed by atoms with van der Waals surface area (Å²) in [5.74, 6) is -4.47. The average Bonchev–Trinajstić information content (AvgIpc) is 3.13. The van der Waals surface area contributed by atoms with E-state index in [-0.39, 0.29) is 34.4 Å². The smallest absolute Gasteiger partial charge is 0.335 e. The van der Waals surface area contributed by atoms with E-state index in [0.717, 1.165) is 37.7 Å². The predicted molar refractivity (Wildman–Crippen MR) is 199 cm³/mol. The topological polar surface area (TPSA) is 267 Å². The van der Waals surface area contributed by atoms with Gasteiger partial charge in [-0.25, -0.2) is 9.59 Å². The van der Waals surface area contributed by atoms with Gasteiger partial charge in [-0.1, -0.05) is 47.1 Å². The van der Waals surface area contributed by atoms with Gasteiger partial charge in [0, 0.05) is 5.92 Å². The predicted octanol–water partition coefficient (Wildman–Crippen LogP) is 2.25. The highest BCUT2D eigenvalue weighted by Crippen LogP contribution is 2.75. The molecule has 6 fully saturated rings. The van der Waals surface area contributed by atoms with Gasteiger partial charge in [-0.05, 0) is 110 Å². The Bertz CT molecular complexity index is 1730. The Labute approximate surface area is 337 Å². The summed E-state index contributed by atoms with van der Waals surface area (Å²) in [4.78, 5) is 51.3. The molecule has 19 atom stereocenters. The fraction of sp³-hybridized carbons (Fsp3) is 0.857. The van der Waals surface area contributed by atoms with Crippen molar-refractivity contribution in [2.24, 2.45) is 50.2 Å². The fourth-order valence-electron chi connectivity index (χ4n) is 13.4. The number of allylic oxidation sites excluding steroid dienone is 2. The number of ketones is 1. The molecule has 16 heteroatoms. The van der Waals surface area contributed by atoms with Gasteiger partial charge in [-0.2, -0.15) is 0 Å². The number of aliphatic carboxylic acids is 3. The molecule has 0 aromatic rings. The molecule has 2 heterocycles. The highest BCUT2D eigenvalue weighted by Gasteiger charge is 2.71. The number of hydrogen-bond donors (Lipinski definition) is 8. The normalized spacial score (nSPS) is 52.6. The van der Waals surface area contributed by atoms with Gasteiger partial charge in [-0.15, -0.1) is 0 Å². The Balaban J connectivity index is 1.17. The lowest BCUT2D eigenvalue weighted by Crippen LogP contribution is -2.68. The van der Waals surface area contributed by atoms with E-state index in [9.17, 15) is 60.0 Å². The van der Waals surface area contributed by atoms with Gasteiger partial charge in [0.1, 0.15) is 36.6 Å². The molecule has 0 radical (unpaired) electrons. The molecule has 5 aliphatic carbocycles. The highest BCUT2D eigenvalue weighted by molar-refractivity contribution is 5.95. The van der Waals surface area contributed by atoms with Crippen LogP contribution in [0.1, 0.15) is 106 Å². The Kier molecular flexibility index (Phi) is 10.7. The Morgan fingerprint density at radius 3 is 1.88 bits per heavy atom. The summed E-state index contributed by atoms with van der Waals surface area (Å²) in [6.07, 6.45) is -12.2. The summed E-state index contributed by atoms with van der Waals surface area (Å²) in [6.45, 7) is 14.8. The molecule has 2 aliphatic heterocycles. The lowest BCUT2D eigenvalue weighted by Gasteiger charge is -2.70. The average molecular weight is 823 g/mol. The molecule has 5 unspecified atom stereocenters. The minimum atomic E-state index is -2.05. The van der Waals surface area contributed by atoms with Crippen LogP contribution in [0.5, 0.6) is 0 Å². The number of carbonyl (C=O) groups is 4. The van der Waals surface area contributed by atoms with E-state index in [4.69, 9.17) is 18.9 Å². The Hall–Kier alpha value is -2.54. The van der Waals surface area contributed by atoms with Crippen molar-refractivity contribution in [3.63, 3.8) is 0 Å². The highest BCUT2D eigenvalue weighted by atomic mass is 16.8. The molecule has 326 valence electrons. The maximum Gasteiger partial charge on any atom is 0.335 e. The van der Waals surface area contributed by atoms with E-state index in [2.05, 4.69) is 27.7 Å². The lowest BCUT2D eigenvalue weighted by atomic mass is 9.33. The number of aliphatic hydroxyl groups excluding tert-OH is 5. The maximum atomic E-state index is 14.8. The van der Waals surface area contributed by atoms with Crippen LogP contribution in [-0.2, 0) is 38.1 Å². The number of hydrogen-bond acceptors (Lipinski definition) is 13. The lowest BCUT2D eigenvalue weighted by molar-refractivity contribution is -0.371. The molecular weight excluding hydrogens is 760 g/mol. The molecule has 0 amide bonds. The second-order valence-corrected chi connectivity index (χ2v) is 20.6. The van der Waals surface area contributed by atoms with E-state index in [1.54, 1.807) is 0 Å². The first-order chi connectivity index (χ1) is 26.8. The molecule has 8 N–H and O–H groups in total. The minimum absolute atomic E-state index is 0.0217. The summed E-state index contributed by atoms with van der Waals surface area (Å²) < 4.78 is 23.4. The van der Waals surface area contributed by atoms with Gasteiger partial charge in [0.2, 0.25) is 0 Å². The molecule has 0 bridgehead atoms. The van der Waals surface area contributed by atoms with E-state index in [1.807, 2.05) is 26.8 Å². The van der Waals surface area contributed by atoms with Crippen molar-refractivity contribution in [3.05, 3.63) is 11.6 Å². The van der Waals surface area contributed by atoms with E-state index in [1.165, 1.54) is 0 Å². The van der Waals surface area contributed by atoms with Gasteiger partial charge in [-0.3, -0.25) is 9.59 Å². The molecule has 0 aromatic carbocycles. The molecule has 4 saturated carbocycles. The summed E-state index contributed by atoms with van der Waals surface area (Å²) >= 11 is 0. The van der Waals surface area contributed by atoms with E-state index >= 15 is 0 Å². The monoisotopic (exact) mass is 822 g/mol. The number of fused-ring (bicyclic) bond motifs is 7. The van der Waals surface area contributed by atoms with Crippen molar-refractivity contribution < 1.29 is 79.0 Å². The molecule has 2 saturated heterocycles. The number of aliphatic hydroxyl groups is 5. The molecule has 7 aliphatic rings. The summed E-state index contributed by atoms with van der Waals surface area (Å²) in [7, 11) is 0. The van der Waals surface area contributed by atoms with E-state index < -0.39 is 107 Å². The number of rotatable bonds is 7. The minimum Gasteiger partial charge on any atom is -0.481 e. The van der Waals surface area contributed by atoms with Gasteiger partial charge >= 0.3 is 17.9 Å². The zero-order valence-corrected chi connectivity index (χ0v) is 34.4. The van der Waals surface area contributed by atoms with Crippen LogP contribution in [0, 0.1) is 50.2 Å². The van der Waals surface area contributed by atoms with Crippen LogP contribution in [-0.4, -0.2) is 132 Å². The first-order valence-electron chi connectivity index (χ1n) is 20.7. The third-order valence-electron chi connectivity index (χ3n) is 17.2. The van der Waals surface area contributed by atoms with Crippen LogP contribution in [0.15, 0.2) is 11.6 Å². The van der Waals surface area contributed by atoms with Gasteiger partial charge < -0.3 is 59.8 Å². The molecule has 58 heavy (non-hydrogen) atoms. The summed E-state index contributed by atoms with van der Waals surface area (Å²) in [6, 6.07) is 0. The Morgan fingerprint density at radius 2 is 1.28 bits per heavy atom. The van der Waals surface area contributed by atoms with Crippen molar-refractivity contribution >= 4 is 23.7 Å². The maximum absolute atomic E-state index is 14.8. The third kappa shape index (κ3) is 6.25. The first-order valence-corrected chi connectivity index (χ1v) is 20.7. The van der Waals surface area contributed by atoms with Gasteiger partial charge in [0.05, 0.1) is 11.5 Å². The van der Waals surface area contributed by atoms with Crippen LogP contribution >= 0.6 is 0 Å². The van der Waals surface area contributed by atoms with Crippen molar-refractivity contribution in [1.29, 1.82) is 0 Å². The second-order valence-electron chi connectivity index (χ2n) is 20.6. The van der Waals surface area contributed by atoms with Crippen LogP contribution in [0.2, 0.25) is 0 Å². The molecule has 7 rings (SSSR count). The van der Waals surface area contributed by atoms with Crippen molar-refractivity contribution in [1.82, 2.24) is 0 Å². The van der Waals surface area contributed by atoms with Gasteiger partial charge in [0.15, 0.2) is 30.6 Å². The molecular formula is C42H62O16. The van der Waals surface area contributed by atoms with Crippen LogP contribution in [0.25, 0.3) is 0 Å². The van der Waals surface area contributed by atoms with E-state index in [0.29, 0.717) is 25.7 Å². The molecule has 16 nitrogen and oxygen atoms in total. The van der Waals surface area contributed by atoms with Crippen molar-refractivity contribution in [3.8, 4) is 0 Å².